The zero-order valence-electron chi connectivity index (χ0n) is 14.1. The summed E-state index contributed by atoms with van der Waals surface area (Å²) in [5.41, 5.74) is 7.01. The highest BCUT2D eigenvalue weighted by Crippen LogP contribution is 2.37. The van der Waals surface area contributed by atoms with Gasteiger partial charge in [-0.15, -0.1) is 0 Å². The third kappa shape index (κ3) is 2.50. The number of likely N-dealkylation sites (tertiary alicyclic amines) is 1. The van der Waals surface area contributed by atoms with Crippen molar-refractivity contribution in [1.29, 1.82) is 0 Å². The monoisotopic (exact) mass is 306 g/mol. The lowest BCUT2D eigenvalue weighted by Gasteiger charge is -2.27. The number of nitrogens with zero attached hydrogens (tertiary/aromatic N) is 1. The van der Waals surface area contributed by atoms with E-state index in [2.05, 4.69) is 53.9 Å². The van der Waals surface area contributed by atoms with Crippen LogP contribution in [0.25, 0.3) is 16.5 Å². The lowest BCUT2D eigenvalue weighted by molar-refractivity contribution is 0.382. The van der Waals surface area contributed by atoms with Crippen LogP contribution >= 0.6 is 0 Å². The number of nitrogens with one attached hydrogen (secondary N) is 1. The Kier molecular flexibility index (Phi) is 3.76. The average molecular weight is 306 g/mol. The molecule has 2 aliphatic rings. The molecule has 0 amide bonds. The summed E-state index contributed by atoms with van der Waals surface area (Å²) in [6.45, 7) is 9.10. The first kappa shape index (κ1) is 14.6. The first-order valence-electron chi connectivity index (χ1n) is 9.01. The van der Waals surface area contributed by atoms with Gasteiger partial charge in [0.05, 0.1) is 0 Å². The molecule has 1 N–H and O–H groups in total. The van der Waals surface area contributed by atoms with Gasteiger partial charge in [-0.1, -0.05) is 31.7 Å². The Labute approximate surface area is 138 Å². The average Bonchev–Trinajstić information content (AvgIpc) is 3.25. The van der Waals surface area contributed by atoms with Gasteiger partial charge >= 0.3 is 0 Å². The van der Waals surface area contributed by atoms with Gasteiger partial charge in [-0.3, -0.25) is 0 Å². The van der Waals surface area contributed by atoms with E-state index in [1.54, 1.807) is 0 Å². The maximum atomic E-state index is 4.43. The van der Waals surface area contributed by atoms with Crippen molar-refractivity contribution in [1.82, 2.24) is 9.88 Å². The summed E-state index contributed by atoms with van der Waals surface area (Å²) in [7, 11) is 0. The van der Waals surface area contributed by atoms with Crippen LogP contribution in [-0.4, -0.2) is 23.0 Å². The van der Waals surface area contributed by atoms with Gasteiger partial charge in [0.25, 0.3) is 0 Å². The first-order chi connectivity index (χ1) is 11.3. The minimum atomic E-state index is 0.471. The van der Waals surface area contributed by atoms with E-state index in [4.69, 9.17) is 0 Å². The lowest BCUT2D eigenvalue weighted by Crippen LogP contribution is -2.22. The van der Waals surface area contributed by atoms with E-state index in [-0.39, 0.29) is 0 Å². The second-order valence-electron chi connectivity index (χ2n) is 6.93. The largest absolute Gasteiger partial charge is 0.375 e. The summed E-state index contributed by atoms with van der Waals surface area (Å²) in [6.07, 6.45) is 10.8. The van der Waals surface area contributed by atoms with Crippen LogP contribution in [0, 0.1) is 5.92 Å². The van der Waals surface area contributed by atoms with Gasteiger partial charge in [-0.2, -0.15) is 0 Å². The van der Waals surface area contributed by atoms with Gasteiger partial charge in [0.2, 0.25) is 0 Å². The molecule has 23 heavy (non-hydrogen) atoms. The quantitative estimate of drug-likeness (QED) is 0.829. The first-order valence-corrected chi connectivity index (χ1v) is 9.01. The van der Waals surface area contributed by atoms with E-state index in [9.17, 15) is 0 Å². The molecule has 4 rings (SSSR count). The van der Waals surface area contributed by atoms with Gasteiger partial charge in [-0.05, 0) is 54.9 Å². The molecule has 1 fully saturated rings. The summed E-state index contributed by atoms with van der Waals surface area (Å²) in [5, 5.41) is 1.44. The number of rotatable bonds is 4. The number of H-pyrrole nitrogens is 1. The second-order valence-corrected chi connectivity index (χ2v) is 6.93. The molecule has 2 nitrogen and oxygen atoms in total. The molecule has 1 atom stereocenters. The van der Waals surface area contributed by atoms with Crippen LogP contribution in [0.2, 0.25) is 0 Å². The maximum Gasteiger partial charge on any atom is 0.0462 e. The van der Waals surface area contributed by atoms with Crippen LogP contribution < -0.4 is 0 Å². The fourth-order valence-corrected chi connectivity index (χ4v) is 4.23. The predicted octanol–water partition coefficient (Wildman–Crippen LogP) is 5.13. The zero-order valence-corrected chi connectivity index (χ0v) is 14.1. The third-order valence-corrected chi connectivity index (χ3v) is 5.58. The van der Waals surface area contributed by atoms with Gasteiger partial charge in [0.15, 0.2) is 0 Å². The van der Waals surface area contributed by atoms with Crippen LogP contribution in [-0.2, 0) is 6.42 Å². The van der Waals surface area contributed by atoms with Gasteiger partial charge in [0, 0.05) is 41.8 Å². The molecule has 0 bridgehead atoms. The molecule has 2 aromatic rings. The maximum absolute atomic E-state index is 4.43. The van der Waals surface area contributed by atoms with Crippen molar-refractivity contribution in [2.24, 2.45) is 5.92 Å². The van der Waals surface area contributed by atoms with Crippen molar-refractivity contribution in [2.45, 2.75) is 39.0 Å². The number of aromatic amines is 1. The van der Waals surface area contributed by atoms with Crippen molar-refractivity contribution in [2.75, 3.05) is 13.1 Å². The van der Waals surface area contributed by atoms with Gasteiger partial charge in [0.1, 0.15) is 0 Å². The SMILES string of the molecule is C=C(C(/C=C1\CCc2c[nH]c3cccc1c23)CC)N1CCCC1. The Morgan fingerprint density at radius 3 is 2.91 bits per heavy atom. The van der Waals surface area contributed by atoms with Crippen LogP contribution in [0.5, 0.6) is 0 Å². The van der Waals surface area contributed by atoms with Crippen molar-refractivity contribution in [3.05, 3.63) is 53.9 Å². The standard InChI is InChI=1S/C21H26N2/c1-3-16(15(2)23-11-4-5-12-23)13-17-9-10-18-14-22-20-8-6-7-19(17)21(18)20/h6-8,13-14,16,22H,2-5,9-12H2,1H3/b17-13+. The summed E-state index contributed by atoms with van der Waals surface area (Å²) < 4.78 is 0. The van der Waals surface area contributed by atoms with E-state index in [0.29, 0.717) is 5.92 Å². The molecule has 1 unspecified atom stereocenters. The van der Waals surface area contributed by atoms with Crippen molar-refractivity contribution in [3.8, 4) is 0 Å². The van der Waals surface area contributed by atoms with Crippen molar-refractivity contribution < 1.29 is 0 Å². The molecule has 1 aromatic heterocycles. The normalized spacial score (nSPS) is 20.4. The van der Waals surface area contributed by atoms with Crippen molar-refractivity contribution >= 4 is 16.5 Å². The Hall–Kier alpha value is -1.96. The number of aryl methyl sites for hydroxylation is 1. The molecule has 2 heteroatoms. The minimum Gasteiger partial charge on any atom is -0.375 e. The molecule has 1 saturated heterocycles. The van der Waals surface area contributed by atoms with E-state index in [0.717, 1.165) is 19.3 Å². The fourth-order valence-electron chi connectivity index (χ4n) is 4.23. The zero-order chi connectivity index (χ0) is 15.8. The second kappa shape index (κ2) is 5.92. The molecular formula is C21H26N2. The summed E-state index contributed by atoms with van der Waals surface area (Å²) >= 11 is 0. The van der Waals surface area contributed by atoms with E-state index in [1.165, 1.54) is 59.2 Å². The van der Waals surface area contributed by atoms with Gasteiger partial charge < -0.3 is 9.88 Å². The highest BCUT2D eigenvalue weighted by atomic mass is 15.1. The Morgan fingerprint density at radius 2 is 2.13 bits per heavy atom. The van der Waals surface area contributed by atoms with Crippen molar-refractivity contribution in [3.63, 3.8) is 0 Å². The van der Waals surface area contributed by atoms with Gasteiger partial charge in [-0.25, -0.2) is 0 Å². The number of benzene rings is 1. The van der Waals surface area contributed by atoms with Crippen LogP contribution in [0.1, 0.15) is 43.7 Å². The Balaban J connectivity index is 1.69. The molecule has 0 spiro atoms. The molecule has 0 saturated carbocycles. The predicted molar refractivity (Wildman–Crippen MR) is 98.3 cm³/mol. The molecule has 1 aliphatic carbocycles. The van der Waals surface area contributed by atoms with Crippen LogP contribution in [0.3, 0.4) is 0 Å². The molecule has 0 radical (unpaired) electrons. The summed E-state index contributed by atoms with van der Waals surface area (Å²) in [6, 6.07) is 6.65. The highest BCUT2D eigenvalue weighted by molar-refractivity contribution is 5.96. The fraction of sp³-hybridized carbons (Fsp3) is 0.429. The lowest BCUT2D eigenvalue weighted by atomic mass is 9.85. The van der Waals surface area contributed by atoms with E-state index < -0.39 is 0 Å². The third-order valence-electron chi connectivity index (χ3n) is 5.58. The van der Waals surface area contributed by atoms with Crippen LogP contribution in [0.15, 0.2) is 42.7 Å². The van der Waals surface area contributed by atoms with E-state index in [1.807, 2.05) is 0 Å². The molecule has 120 valence electrons. The molecule has 1 aliphatic heterocycles. The summed E-state index contributed by atoms with van der Waals surface area (Å²) in [4.78, 5) is 5.92. The number of hydrogen-bond acceptors (Lipinski definition) is 1. The van der Waals surface area contributed by atoms with E-state index >= 15 is 0 Å². The molecule has 1 aromatic carbocycles. The molecular weight excluding hydrogens is 280 g/mol. The Bertz CT molecular complexity index is 759. The Morgan fingerprint density at radius 1 is 1.30 bits per heavy atom. The summed E-state index contributed by atoms with van der Waals surface area (Å²) in [5.74, 6) is 0.471. The highest BCUT2D eigenvalue weighted by Gasteiger charge is 2.22. The number of aromatic nitrogens is 1. The number of hydrogen-bond donors (Lipinski definition) is 1. The van der Waals surface area contributed by atoms with Crippen LogP contribution in [0.4, 0.5) is 0 Å². The topological polar surface area (TPSA) is 19.0 Å². The smallest absolute Gasteiger partial charge is 0.0462 e. The minimum absolute atomic E-state index is 0.471. The number of allylic oxidation sites excluding steroid dienone is 2. The molecule has 2 heterocycles.